The normalized spacial score (nSPS) is 19.9. The summed E-state index contributed by atoms with van der Waals surface area (Å²) in [6.45, 7) is 4.64. The smallest absolute Gasteiger partial charge is 0.316 e. The molecule has 0 aliphatic carbocycles. The van der Waals surface area contributed by atoms with E-state index in [0.29, 0.717) is 18.1 Å². The molecule has 27 heavy (non-hydrogen) atoms. The Hall–Kier alpha value is -1.76. The molecule has 0 unspecified atom stereocenters. The van der Waals surface area contributed by atoms with Crippen molar-refractivity contribution in [1.82, 2.24) is 4.90 Å². The number of fused-ring (bicyclic) bond motifs is 1. The molecule has 1 fully saturated rings. The number of hydrogen-bond donors (Lipinski definition) is 0. The number of esters is 1. The maximum atomic E-state index is 12.3. The summed E-state index contributed by atoms with van der Waals surface area (Å²) in [5.41, 5.74) is 0. The third kappa shape index (κ3) is 5.15. The van der Waals surface area contributed by atoms with Gasteiger partial charge in [0, 0.05) is 28.4 Å². The van der Waals surface area contributed by atoms with Gasteiger partial charge in [-0.05, 0) is 31.4 Å². The molecule has 1 saturated heterocycles. The number of ether oxygens (including phenoxy) is 2. The van der Waals surface area contributed by atoms with Crippen molar-refractivity contribution in [3.8, 4) is 0 Å². The van der Waals surface area contributed by atoms with Crippen LogP contribution < -0.4 is 0 Å². The fraction of sp³-hybridized carbons (Fsp3) is 0.400. The van der Waals surface area contributed by atoms with Crippen molar-refractivity contribution in [3.05, 3.63) is 41.4 Å². The van der Waals surface area contributed by atoms with Gasteiger partial charge in [0.2, 0.25) is 0 Å². The number of nitrogens with zero attached hydrogens (tertiary/aromatic N) is 1. The maximum Gasteiger partial charge on any atom is 0.316 e. The number of hydrogen-bond acceptors (Lipinski definition) is 5. The lowest BCUT2D eigenvalue weighted by Gasteiger charge is -2.35. The third-order valence-corrected chi connectivity index (χ3v) is 5.64. The molecular weight excluding hydrogens is 386 g/mol. The number of carbonyl (C=O) groups is 2. The lowest BCUT2D eigenvalue weighted by atomic mass is 10.1. The van der Waals surface area contributed by atoms with Gasteiger partial charge in [0.15, 0.2) is 6.61 Å². The molecule has 2 aromatic carbocycles. The lowest BCUT2D eigenvalue weighted by molar-refractivity contribution is -0.155. The molecule has 0 saturated carbocycles. The van der Waals surface area contributed by atoms with E-state index < -0.39 is 5.97 Å². The van der Waals surface area contributed by atoms with E-state index in [9.17, 15) is 9.59 Å². The fourth-order valence-corrected chi connectivity index (χ4v) is 4.42. The predicted octanol–water partition coefficient (Wildman–Crippen LogP) is 3.76. The van der Waals surface area contributed by atoms with Crippen molar-refractivity contribution in [3.63, 3.8) is 0 Å². The molecule has 0 spiro atoms. The second kappa shape index (κ2) is 8.95. The van der Waals surface area contributed by atoms with Crippen LogP contribution in [0, 0.1) is 0 Å². The minimum atomic E-state index is -0.424. The Balaban J connectivity index is 1.53. The third-order valence-electron chi connectivity index (χ3n) is 4.29. The van der Waals surface area contributed by atoms with Gasteiger partial charge < -0.3 is 14.4 Å². The number of thioether (sulfide) groups is 1. The Bertz CT molecular complexity index is 829. The minimum Gasteiger partial charge on any atom is -0.455 e. The van der Waals surface area contributed by atoms with Gasteiger partial charge in [0.1, 0.15) is 0 Å². The van der Waals surface area contributed by atoms with E-state index in [1.165, 1.54) is 11.8 Å². The second-order valence-electron chi connectivity index (χ2n) is 6.60. The number of amides is 1. The van der Waals surface area contributed by atoms with Crippen LogP contribution >= 0.6 is 23.4 Å². The Morgan fingerprint density at radius 2 is 1.85 bits per heavy atom. The predicted molar refractivity (Wildman–Crippen MR) is 107 cm³/mol. The van der Waals surface area contributed by atoms with Crippen molar-refractivity contribution in [2.75, 3.05) is 25.4 Å². The Morgan fingerprint density at radius 3 is 2.56 bits per heavy atom. The minimum absolute atomic E-state index is 0.0138. The van der Waals surface area contributed by atoms with Crippen molar-refractivity contribution in [1.29, 1.82) is 0 Å². The van der Waals surface area contributed by atoms with Crippen LogP contribution in [0.5, 0.6) is 0 Å². The molecule has 2 aromatic rings. The molecule has 0 radical (unpaired) electrons. The summed E-state index contributed by atoms with van der Waals surface area (Å²) in [7, 11) is 0. The molecule has 1 aliphatic heterocycles. The van der Waals surface area contributed by atoms with Gasteiger partial charge in [-0.15, -0.1) is 11.8 Å². The van der Waals surface area contributed by atoms with Gasteiger partial charge in [-0.3, -0.25) is 9.59 Å². The first-order valence-corrected chi connectivity index (χ1v) is 10.2. The largest absolute Gasteiger partial charge is 0.455 e. The van der Waals surface area contributed by atoms with E-state index in [0.717, 1.165) is 15.7 Å². The first-order chi connectivity index (χ1) is 12.9. The molecule has 1 aliphatic rings. The Morgan fingerprint density at radius 1 is 1.19 bits per heavy atom. The number of benzene rings is 2. The van der Waals surface area contributed by atoms with Crippen molar-refractivity contribution < 1.29 is 19.1 Å². The Kier molecular flexibility index (Phi) is 6.63. The van der Waals surface area contributed by atoms with Crippen LogP contribution in [-0.4, -0.2) is 54.4 Å². The quantitative estimate of drug-likeness (QED) is 0.558. The summed E-state index contributed by atoms with van der Waals surface area (Å²) < 4.78 is 10.8. The van der Waals surface area contributed by atoms with Crippen LogP contribution in [0.15, 0.2) is 41.3 Å². The second-order valence-corrected chi connectivity index (χ2v) is 8.02. The standard InChI is InChI=1S/C20H22ClNO4S/c1-13-9-22(10-14(2)26-13)18(23)11-25-19(24)12-27-17-8-4-6-15-5-3-7-16(21)20(15)17/h3-8,13-14H,9-12H2,1-2H3/t13-,14-/m1/s1. The van der Waals surface area contributed by atoms with E-state index in [4.69, 9.17) is 21.1 Å². The molecule has 5 nitrogen and oxygen atoms in total. The maximum absolute atomic E-state index is 12.3. The van der Waals surface area contributed by atoms with Gasteiger partial charge in [0.25, 0.3) is 5.91 Å². The average molecular weight is 408 g/mol. The molecule has 0 N–H and O–H groups in total. The van der Waals surface area contributed by atoms with E-state index in [-0.39, 0.29) is 30.5 Å². The van der Waals surface area contributed by atoms with Crippen molar-refractivity contribution in [2.24, 2.45) is 0 Å². The number of morpholine rings is 1. The van der Waals surface area contributed by atoms with E-state index in [1.54, 1.807) is 4.90 Å². The van der Waals surface area contributed by atoms with Gasteiger partial charge in [-0.2, -0.15) is 0 Å². The van der Waals surface area contributed by atoms with Crippen LogP contribution in [0.25, 0.3) is 10.8 Å². The summed E-state index contributed by atoms with van der Waals surface area (Å²) in [5, 5.41) is 2.59. The molecule has 3 rings (SSSR count). The van der Waals surface area contributed by atoms with Crippen molar-refractivity contribution >= 4 is 46.0 Å². The van der Waals surface area contributed by atoms with Gasteiger partial charge in [-0.25, -0.2) is 0 Å². The van der Waals surface area contributed by atoms with Crippen molar-refractivity contribution in [2.45, 2.75) is 31.0 Å². The van der Waals surface area contributed by atoms with Crippen LogP contribution in [0.4, 0.5) is 0 Å². The van der Waals surface area contributed by atoms with Gasteiger partial charge in [0.05, 0.1) is 18.0 Å². The summed E-state index contributed by atoms with van der Waals surface area (Å²) in [4.78, 5) is 26.9. The number of halogens is 1. The highest BCUT2D eigenvalue weighted by atomic mass is 35.5. The SMILES string of the molecule is C[C@@H]1CN(C(=O)COC(=O)CSc2cccc3cccc(Cl)c23)C[C@@H](C)O1. The Labute approximate surface area is 167 Å². The van der Waals surface area contributed by atoms with E-state index in [1.807, 2.05) is 50.2 Å². The average Bonchev–Trinajstić information content (AvgIpc) is 2.63. The number of rotatable bonds is 5. The highest BCUT2D eigenvalue weighted by Gasteiger charge is 2.26. The van der Waals surface area contributed by atoms with Crippen LogP contribution in [-0.2, 0) is 19.1 Å². The summed E-state index contributed by atoms with van der Waals surface area (Å²) in [6.07, 6.45) is -0.0277. The molecule has 0 bridgehead atoms. The fourth-order valence-electron chi connectivity index (χ4n) is 3.18. The molecule has 1 amide bonds. The monoisotopic (exact) mass is 407 g/mol. The molecule has 7 heteroatoms. The van der Waals surface area contributed by atoms with Crippen LogP contribution in [0.2, 0.25) is 5.02 Å². The molecular formula is C20H22ClNO4S. The molecule has 0 aromatic heterocycles. The zero-order chi connectivity index (χ0) is 19.4. The van der Waals surface area contributed by atoms with Crippen LogP contribution in [0.1, 0.15) is 13.8 Å². The zero-order valence-electron chi connectivity index (χ0n) is 15.3. The first-order valence-electron chi connectivity index (χ1n) is 8.83. The highest BCUT2D eigenvalue weighted by molar-refractivity contribution is 8.00. The number of carbonyl (C=O) groups excluding carboxylic acids is 2. The summed E-state index contributed by atoms with van der Waals surface area (Å²) >= 11 is 7.66. The highest BCUT2D eigenvalue weighted by Crippen LogP contribution is 2.33. The first kappa shape index (κ1) is 20.0. The topological polar surface area (TPSA) is 55.8 Å². The summed E-state index contributed by atoms with van der Waals surface area (Å²) in [6, 6.07) is 11.5. The van der Waals surface area contributed by atoms with Crippen LogP contribution in [0.3, 0.4) is 0 Å². The van der Waals surface area contributed by atoms with E-state index >= 15 is 0 Å². The summed E-state index contributed by atoms with van der Waals surface area (Å²) in [5.74, 6) is -0.497. The lowest BCUT2D eigenvalue weighted by Crippen LogP contribution is -2.49. The van der Waals surface area contributed by atoms with Gasteiger partial charge in [-0.1, -0.05) is 35.9 Å². The molecule has 144 valence electrons. The molecule has 1 heterocycles. The zero-order valence-corrected chi connectivity index (χ0v) is 16.9. The van der Waals surface area contributed by atoms with E-state index in [2.05, 4.69) is 0 Å². The molecule has 2 atom stereocenters. The van der Waals surface area contributed by atoms with Gasteiger partial charge >= 0.3 is 5.97 Å².